The van der Waals surface area contributed by atoms with Crippen LogP contribution < -0.4 is 0 Å². The molecule has 0 radical (unpaired) electrons. The van der Waals surface area contributed by atoms with Crippen LogP contribution in [0.2, 0.25) is 0 Å². The Morgan fingerprint density at radius 1 is 1.44 bits per heavy atom. The van der Waals surface area contributed by atoms with E-state index in [0.29, 0.717) is 0 Å². The number of alkyl halides is 4. The van der Waals surface area contributed by atoms with E-state index in [4.69, 9.17) is 0 Å². The van der Waals surface area contributed by atoms with Gasteiger partial charge in [-0.3, -0.25) is 0 Å². The lowest BCUT2D eigenvalue weighted by atomic mass is 10.6. The molecule has 9 heavy (non-hydrogen) atoms. The second-order valence-electron chi connectivity index (χ2n) is 1.31. The second-order valence-corrected chi connectivity index (χ2v) is 1.31. The van der Waals surface area contributed by atoms with Gasteiger partial charge in [-0.05, 0) is 6.92 Å². The van der Waals surface area contributed by atoms with Crippen LogP contribution in [0.15, 0.2) is 0 Å². The molecular formula is C4H6F4O. The van der Waals surface area contributed by atoms with Crippen LogP contribution >= 0.6 is 0 Å². The Morgan fingerprint density at radius 3 is 2.00 bits per heavy atom. The lowest BCUT2D eigenvalue weighted by Crippen LogP contribution is -2.26. The molecular weight excluding hydrogens is 140 g/mol. The summed E-state index contributed by atoms with van der Waals surface area (Å²) in [5.74, 6) is 0. The van der Waals surface area contributed by atoms with Crippen molar-refractivity contribution in [2.45, 2.75) is 19.5 Å². The van der Waals surface area contributed by atoms with Crippen LogP contribution in [0.3, 0.4) is 0 Å². The molecule has 56 valence electrons. The van der Waals surface area contributed by atoms with E-state index >= 15 is 0 Å². The lowest BCUT2D eigenvalue weighted by molar-refractivity contribution is -0.263. The van der Waals surface area contributed by atoms with E-state index in [-0.39, 0.29) is 6.61 Å². The van der Waals surface area contributed by atoms with Crippen LogP contribution in [-0.4, -0.2) is 19.1 Å². The molecule has 0 aliphatic heterocycles. The van der Waals surface area contributed by atoms with E-state index in [1.807, 2.05) is 0 Å². The van der Waals surface area contributed by atoms with E-state index in [9.17, 15) is 17.6 Å². The van der Waals surface area contributed by atoms with Gasteiger partial charge in [-0.2, -0.15) is 13.2 Å². The maximum atomic E-state index is 11.6. The maximum Gasteiger partial charge on any atom is 0.445 e. The van der Waals surface area contributed by atoms with Gasteiger partial charge in [0.15, 0.2) is 0 Å². The number of hydrogen-bond donors (Lipinski definition) is 0. The molecule has 0 aliphatic rings. The Labute approximate surface area is 49.6 Å². The van der Waals surface area contributed by atoms with Crippen molar-refractivity contribution in [3.8, 4) is 0 Å². The third kappa shape index (κ3) is 3.29. The summed E-state index contributed by atoms with van der Waals surface area (Å²) >= 11 is 0. The molecule has 0 fully saturated rings. The lowest BCUT2D eigenvalue weighted by Gasteiger charge is -2.10. The minimum atomic E-state index is -4.88. The van der Waals surface area contributed by atoms with Gasteiger partial charge in [-0.1, -0.05) is 0 Å². The van der Waals surface area contributed by atoms with Gasteiger partial charge in [-0.25, -0.2) is 4.39 Å². The predicted molar refractivity (Wildman–Crippen MR) is 22.6 cm³/mol. The standard InChI is InChI=1S/C4H6F4O/c1-2-9-3(5)4(6,7)8/h3H,2H2,1H3. The minimum absolute atomic E-state index is 0.277. The van der Waals surface area contributed by atoms with Crippen LogP contribution in [0.4, 0.5) is 17.6 Å². The predicted octanol–water partition coefficient (Wildman–Crippen LogP) is 1.88. The molecule has 0 spiro atoms. The monoisotopic (exact) mass is 146 g/mol. The van der Waals surface area contributed by atoms with Crippen molar-refractivity contribution in [3.63, 3.8) is 0 Å². The zero-order chi connectivity index (χ0) is 7.49. The molecule has 1 nitrogen and oxygen atoms in total. The van der Waals surface area contributed by atoms with Gasteiger partial charge in [0.25, 0.3) is 6.36 Å². The number of ether oxygens (including phenoxy) is 1. The fraction of sp³-hybridized carbons (Fsp3) is 1.00. The van der Waals surface area contributed by atoms with Crippen molar-refractivity contribution in [2.75, 3.05) is 6.61 Å². The summed E-state index contributed by atoms with van der Waals surface area (Å²) in [4.78, 5) is 0. The summed E-state index contributed by atoms with van der Waals surface area (Å²) in [7, 11) is 0. The molecule has 1 unspecified atom stereocenters. The third-order valence-corrected chi connectivity index (χ3v) is 0.570. The summed E-state index contributed by atoms with van der Waals surface area (Å²) in [5.41, 5.74) is 0. The Hall–Kier alpha value is -0.320. The fourth-order valence-corrected chi connectivity index (χ4v) is 0.241. The van der Waals surface area contributed by atoms with Crippen LogP contribution in [0, 0.1) is 0 Å². The topological polar surface area (TPSA) is 9.23 Å². The van der Waals surface area contributed by atoms with E-state index in [1.165, 1.54) is 6.92 Å². The summed E-state index contributed by atoms with van der Waals surface area (Å²) in [5, 5.41) is 0. The summed E-state index contributed by atoms with van der Waals surface area (Å²) in [6.07, 6.45) is -8.02. The normalized spacial score (nSPS) is 15.7. The van der Waals surface area contributed by atoms with Crippen LogP contribution in [0.1, 0.15) is 6.92 Å². The Balaban J connectivity index is 3.59. The molecule has 1 atom stereocenters. The van der Waals surface area contributed by atoms with Gasteiger partial charge in [0.1, 0.15) is 0 Å². The van der Waals surface area contributed by atoms with Gasteiger partial charge in [0.05, 0.1) is 0 Å². The van der Waals surface area contributed by atoms with Crippen molar-refractivity contribution in [2.24, 2.45) is 0 Å². The van der Waals surface area contributed by atoms with Crippen LogP contribution in [0.25, 0.3) is 0 Å². The van der Waals surface area contributed by atoms with Crippen molar-refractivity contribution in [1.82, 2.24) is 0 Å². The van der Waals surface area contributed by atoms with Crippen molar-refractivity contribution in [1.29, 1.82) is 0 Å². The first-order valence-corrected chi connectivity index (χ1v) is 2.31. The molecule has 0 aromatic heterocycles. The largest absolute Gasteiger partial charge is 0.445 e. The third-order valence-electron chi connectivity index (χ3n) is 0.570. The highest BCUT2D eigenvalue weighted by Crippen LogP contribution is 2.23. The molecule has 0 rings (SSSR count). The number of hydrogen-bond acceptors (Lipinski definition) is 1. The molecule has 0 aliphatic carbocycles. The van der Waals surface area contributed by atoms with E-state index in [1.54, 1.807) is 0 Å². The first-order valence-electron chi connectivity index (χ1n) is 2.31. The molecule has 0 N–H and O–H groups in total. The summed E-state index contributed by atoms with van der Waals surface area (Å²) < 4.78 is 48.6. The fourth-order valence-electron chi connectivity index (χ4n) is 0.241. The molecule has 0 aromatic rings. The highest BCUT2D eigenvalue weighted by Gasteiger charge is 2.40. The molecule has 5 heteroatoms. The maximum absolute atomic E-state index is 11.6. The van der Waals surface area contributed by atoms with Crippen LogP contribution in [-0.2, 0) is 4.74 Å². The first kappa shape index (κ1) is 8.68. The summed E-state index contributed by atoms with van der Waals surface area (Å²) in [6.45, 7) is 1.01. The zero-order valence-corrected chi connectivity index (χ0v) is 4.70. The molecule has 0 saturated carbocycles. The van der Waals surface area contributed by atoms with Gasteiger partial charge in [0.2, 0.25) is 0 Å². The van der Waals surface area contributed by atoms with Crippen molar-refractivity contribution < 1.29 is 22.3 Å². The summed E-state index contributed by atoms with van der Waals surface area (Å²) in [6, 6.07) is 0. The number of halogens is 4. The highest BCUT2D eigenvalue weighted by molar-refractivity contribution is 4.52. The van der Waals surface area contributed by atoms with Gasteiger partial charge in [0, 0.05) is 6.61 Å². The van der Waals surface area contributed by atoms with E-state index in [0.717, 1.165) is 0 Å². The quantitative estimate of drug-likeness (QED) is 0.540. The van der Waals surface area contributed by atoms with Crippen molar-refractivity contribution >= 4 is 0 Å². The molecule has 0 amide bonds. The first-order chi connectivity index (χ1) is 3.98. The Morgan fingerprint density at radius 2 is 1.89 bits per heavy atom. The minimum Gasteiger partial charge on any atom is -0.342 e. The van der Waals surface area contributed by atoms with Gasteiger partial charge < -0.3 is 4.74 Å². The SMILES string of the molecule is CCOC(F)C(F)(F)F. The van der Waals surface area contributed by atoms with Crippen molar-refractivity contribution in [3.05, 3.63) is 0 Å². The average Bonchev–Trinajstić information content (AvgIpc) is 1.64. The van der Waals surface area contributed by atoms with Crippen LogP contribution in [0.5, 0.6) is 0 Å². The van der Waals surface area contributed by atoms with E-state index in [2.05, 4.69) is 4.74 Å². The van der Waals surface area contributed by atoms with E-state index < -0.39 is 12.5 Å². The zero-order valence-electron chi connectivity index (χ0n) is 4.70. The van der Waals surface area contributed by atoms with Gasteiger partial charge in [-0.15, -0.1) is 0 Å². The average molecular weight is 146 g/mol. The second kappa shape index (κ2) is 3.00. The Bertz CT molecular complexity index is 79.1. The molecule has 0 aromatic carbocycles. The smallest absolute Gasteiger partial charge is 0.342 e. The molecule has 0 heterocycles. The van der Waals surface area contributed by atoms with Gasteiger partial charge >= 0.3 is 6.18 Å². The molecule has 0 saturated heterocycles. The molecule has 0 bridgehead atoms. The number of rotatable bonds is 2. The highest BCUT2D eigenvalue weighted by atomic mass is 19.4. The Kier molecular flexibility index (Phi) is 2.90.